The van der Waals surface area contributed by atoms with E-state index >= 15 is 0 Å². The Kier molecular flexibility index (Phi) is 6.91. The van der Waals surface area contributed by atoms with Crippen LogP contribution in [0.5, 0.6) is 0 Å². The van der Waals surface area contributed by atoms with Gasteiger partial charge in [0, 0.05) is 30.1 Å². The number of hydrogen-bond acceptors (Lipinski definition) is 3. The van der Waals surface area contributed by atoms with Crippen molar-refractivity contribution in [1.82, 2.24) is 20.9 Å². The summed E-state index contributed by atoms with van der Waals surface area (Å²) in [4.78, 5) is 26.8. The number of carbonyl (C=O) groups excluding carboxylic acids is 2. The highest BCUT2D eigenvalue weighted by Crippen LogP contribution is 2.18. The molecule has 6 nitrogen and oxygen atoms in total. The maximum atomic E-state index is 12.6. The Bertz CT molecular complexity index is 634. The SMILES string of the molecule is O=C(NC[C@@H]1CCCCN1)[C@@H]1CCCN1C(=O)NCc1cccc(Br)c1. The summed E-state index contributed by atoms with van der Waals surface area (Å²) in [5, 5.41) is 9.39. The van der Waals surface area contributed by atoms with E-state index < -0.39 is 0 Å². The Balaban J connectivity index is 1.48. The highest BCUT2D eigenvalue weighted by Gasteiger charge is 2.34. The molecule has 2 atom stereocenters. The Morgan fingerprint density at radius 2 is 2.08 bits per heavy atom. The van der Waals surface area contributed by atoms with Crippen LogP contribution in [0.4, 0.5) is 4.79 Å². The number of piperidine rings is 1. The number of carbonyl (C=O) groups is 2. The molecule has 3 amide bonds. The van der Waals surface area contributed by atoms with Crippen molar-refractivity contribution in [3.8, 4) is 0 Å². The molecular weight excluding hydrogens is 396 g/mol. The maximum absolute atomic E-state index is 12.6. The van der Waals surface area contributed by atoms with E-state index in [2.05, 4.69) is 31.9 Å². The third kappa shape index (κ3) is 5.20. The lowest BCUT2D eigenvalue weighted by Crippen LogP contribution is -2.52. The van der Waals surface area contributed by atoms with Crippen LogP contribution in [0.25, 0.3) is 0 Å². The predicted molar refractivity (Wildman–Crippen MR) is 105 cm³/mol. The molecule has 0 radical (unpaired) electrons. The summed E-state index contributed by atoms with van der Waals surface area (Å²) >= 11 is 3.43. The topological polar surface area (TPSA) is 73.5 Å². The van der Waals surface area contributed by atoms with Gasteiger partial charge in [0.05, 0.1) is 0 Å². The Labute approximate surface area is 163 Å². The number of nitrogens with one attached hydrogen (secondary N) is 3. The quantitative estimate of drug-likeness (QED) is 0.681. The predicted octanol–water partition coefficient (Wildman–Crippen LogP) is 2.38. The zero-order valence-electron chi connectivity index (χ0n) is 15.0. The van der Waals surface area contributed by atoms with Crippen LogP contribution in [-0.4, -0.2) is 48.6 Å². The summed E-state index contributed by atoms with van der Waals surface area (Å²) in [6.07, 6.45) is 5.11. The summed E-state index contributed by atoms with van der Waals surface area (Å²) in [6, 6.07) is 7.67. The van der Waals surface area contributed by atoms with Gasteiger partial charge in [0.1, 0.15) is 6.04 Å². The molecule has 0 aliphatic carbocycles. The first-order chi connectivity index (χ1) is 12.6. The number of amides is 3. The molecule has 3 N–H and O–H groups in total. The van der Waals surface area contributed by atoms with Crippen molar-refractivity contribution in [2.24, 2.45) is 0 Å². The molecule has 2 heterocycles. The van der Waals surface area contributed by atoms with Gasteiger partial charge in [-0.05, 0) is 49.9 Å². The smallest absolute Gasteiger partial charge is 0.318 e. The van der Waals surface area contributed by atoms with Crippen molar-refractivity contribution in [3.05, 3.63) is 34.3 Å². The van der Waals surface area contributed by atoms with Gasteiger partial charge in [0.15, 0.2) is 0 Å². The molecule has 0 unspecified atom stereocenters. The fraction of sp³-hybridized carbons (Fsp3) is 0.579. The number of likely N-dealkylation sites (tertiary alicyclic amines) is 1. The summed E-state index contributed by atoms with van der Waals surface area (Å²) in [5.41, 5.74) is 1.02. The van der Waals surface area contributed by atoms with Crippen molar-refractivity contribution < 1.29 is 9.59 Å². The van der Waals surface area contributed by atoms with Crippen LogP contribution in [0.2, 0.25) is 0 Å². The van der Waals surface area contributed by atoms with Gasteiger partial charge in [0.2, 0.25) is 5.91 Å². The van der Waals surface area contributed by atoms with Crippen LogP contribution in [0.15, 0.2) is 28.7 Å². The number of rotatable bonds is 5. The van der Waals surface area contributed by atoms with Crippen molar-refractivity contribution >= 4 is 27.9 Å². The van der Waals surface area contributed by atoms with Crippen LogP contribution in [0.3, 0.4) is 0 Å². The zero-order chi connectivity index (χ0) is 18.4. The van der Waals surface area contributed by atoms with Crippen LogP contribution in [0.1, 0.15) is 37.7 Å². The fourth-order valence-corrected chi connectivity index (χ4v) is 4.09. The van der Waals surface area contributed by atoms with Crippen molar-refractivity contribution in [1.29, 1.82) is 0 Å². The van der Waals surface area contributed by atoms with E-state index in [-0.39, 0.29) is 18.0 Å². The Morgan fingerprint density at radius 1 is 1.19 bits per heavy atom. The van der Waals surface area contributed by atoms with E-state index in [0.29, 0.717) is 25.7 Å². The van der Waals surface area contributed by atoms with Gasteiger partial charge in [-0.1, -0.05) is 34.5 Å². The van der Waals surface area contributed by atoms with Gasteiger partial charge in [-0.25, -0.2) is 4.79 Å². The van der Waals surface area contributed by atoms with Gasteiger partial charge in [-0.3, -0.25) is 4.79 Å². The summed E-state index contributed by atoms with van der Waals surface area (Å²) in [6.45, 7) is 2.75. The average molecular weight is 423 g/mol. The van der Waals surface area contributed by atoms with Crippen molar-refractivity contribution in [3.63, 3.8) is 0 Å². The minimum absolute atomic E-state index is 0.0347. The molecule has 2 saturated heterocycles. The number of benzene rings is 1. The summed E-state index contributed by atoms with van der Waals surface area (Å²) in [5.74, 6) is -0.0347. The minimum Gasteiger partial charge on any atom is -0.353 e. The molecule has 0 bridgehead atoms. The minimum atomic E-state index is -0.360. The normalized spacial score (nSPS) is 22.9. The van der Waals surface area contributed by atoms with Gasteiger partial charge in [-0.15, -0.1) is 0 Å². The first kappa shape index (κ1) is 19.2. The number of halogens is 1. The van der Waals surface area contributed by atoms with E-state index in [1.165, 1.54) is 12.8 Å². The van der Waals surface area contributed by atoms with Crippen LogP contribution >= 0.6 is 15.9 Å². The molecule has 0 aromatic heterocycles. The van der Waals surface area contributed by atoms with E-state index in [4.69, 9.17) is 0 Å². The van der Waals surface area contributed by atoms with Crippen LogP contribution in [0, 0.1) is 0 Å². The average Bonchev–Trinajstić information content (AvgIpc) is 3.15. The fourth-order valence-electron chi connectivity index (χ4n) is 3.65. The maximum Gasteiger partial charge on any atom is 0.318 e. The van der Waals surface area contributed by atoms with Crippen LogP contribution in [-0.2, 0) is 11.3 Å². The second kappa shape index (κ2) is 9.37. The highest BCUT2D eigenvalue weighted by molar-refractivity contribution is 9.10. The molecule has 3 rings (SSSR count). The molecule has 2 aliphatic heterocycles. The Morgan fingerprint density at radius 3 is 2.85 bits per heavy atom. The van der Waals surface area contributed by atoms with E-state index in [9.17, 15) is 9.59 Å². The monoisotopic (exact) mass is 422 g/mol. The second-order valence-electron chi connectivity index (χ2n) is 7.03. The lowest BCUT2D eigenvalue weighted by molar-refractivity contribution is -0.124. The standard InChI is InChI=1S/C19H27BrN4O2/c20-15-6-3-5-14(11-15)12-23-19(26)24-10-4-8-17(24)18(25)22-13-16-7-1-2-9-21-16/h3,5-6,11,16-17,21H,1-2,4,7-10,12-13H2,(H,22,25)(H,23,26)/t16-,17-/m0/s1. The summed E-state index contributed by atoms with van der Waals surface area (Å²) < 4.78 is 0.985. The first-order valence-corrected chi connectivity index (χ1v) is 10.2. The summed E-state index contributed by atoms with van der Waals surface area (Å²) in [7, 11) is 0. The Hall–Kier alpha value is -1.60. The third-order valence-electron chi connectivity index (χ3n) is 5.08. The molecule has 0 saturated carbocycles. The van der Waals surface area contributed by atoms with Crippen molar-refractivity contribution in [2.45, 2.75) is 50.7 Å². The lowest BCUT2D eigenvalue weighted by Gasteiger charge is -2.27. The molecule has 2 aliphatic rings. The first-order valence-electron chi connectivity index (χ1n) is 9.43. The number of nitrogens with zero attached hydrogens (tertiary/aromatic N) is 1. The van der Waals surface area contributed by atoms with E-state index in [1.54, 1.807) is 4.90 Å². The molecule has 7 heteroatoms. The molecule has 1 aromatic carbocycles. The third-order valence-corrected chi connectivity index (χ3v) is 5.58. The lowest BCUT2D eigenvalue weighted by atomic mass is 10.0. The zero-order valence-corrected chi connectivity index (χ0v) is 16.6. The molecule has 2 fully saturated rings. The largest absolute Gasteiger partial charge is 0.353 e. The highest BCUT2D eigenvalue weighted by atomic mass is 79.9. The molecule has 26 heavy (non-hydrogen) atoms. The van der Waals surface area contributed by atoms with Gasteiger partial charge in [0.25, 0.3) is 0 Å². The van der Waals surface area contributed by atoms with Crippen molar-refractivity contribution in [2.75, 3.05) is 19.6 Å². The van der Waals surface area contributed by atoms with E-state index in [0.717, 1.165) is 35.8 Å². The number of hydrogen-bond donors (Lipinski definition) is 3. The van der Waals surface area contributed by atoms with Gasteiger partial charge >= 0.3 is 6.03 Å². The van der Waals surface area contributed by atoms with Gasteiger partial charge < -0.3 is 20.9 Å². The molecule has 0 spiro atoms. The molecular formula is C19H27BrN4O2. The van der Waals surface area contributed by atoms with Crippen LogP contribution < -0.4 is 16.0 Å². The molecule has 1 aromatic rings. The number of urea groups is 1. The molecule has 142 valence electrons. The van der Waals surface area contributed by atoms with Gasteiger partial charge in [-0.2, -0.15) is 0 Å². The second-order valence-corrected chi connectivity index (χ2v) is 7.95. The van der Waals surface area contributed by atoms with E-state index in [1.807, 2.05) is 24.3 Å².